The van der Waals surface area contributed by atoms with Crippen molar-refractivity contribution in [2.24, 2.45) is 0 Å². The van der Waals surface area contributed by atoms with E-state index in [2.05, 4.69) is 10.3 Å². The Morgan fingerprint density at radius 3 is 2.83 bits per heavy atom. The number of imidazole rings is 1. The number of nitrogens with zero attached hydrogens (tertiary/aromatic N) is 2. The maximum Gasteiger partial charge on any atom is 0.226 e. The zero-order chi connectivity index (χ0) is 16.7. The number of phenolic OH excluding ortho intramolecular Hbond substituents is 1. The van der Waals surface area contributed by atoms with Crippen LogP contribution in [0.1, 0.15) is 23.6 Å². The molecule has 0 bridgehead atoms. The second-order valence-corrected chi connectivity index (χ2v) is 5.70. The van der Waals surface area contributed by atoms with Gasteiger partial charge in [0.15, 0.2) is 0 Å². The number of anilines is 1. The van der Waals surface area contributed by atoms with Gasteiger partial charge in [-0.05, 0) is 29.8 Å². The Labute approximate surface area is 137 Å². The summed E-state index contributed by atoms with van der Waals surface area (Å²) in [6.07, 6.45) is 1.73. The van der Waals surface area contributed by atoms with Crippen molar-refractivity contribution < 1.29 is 14.3 Å². The number of rotatable bonds is 2. The van der Waals surface area contributed by atoms with E-state index in [0.29, 0.717) is 17.2 Å². The number of phenols is 1. The fourth-order valence-electron chi connectivity index (χ4n) is 3.05. The molecular weight excluding hydrogens is 309 g/mol. The molecule has 1 aliphatic rings. The highest BCUT2D eigenvalue weighted by atomic mass is 19.1. The second-order valence-electron chi connectivity index (χ2n) is 5.70. The van der Waals surface area contributed by atoms with E-state index in [1.54, 1.807) is 36.4 Å². The van der Waals surface area contributed by atoms with Crippen LogP contribution in [0.5, 0.6) is 5.75 Å². The van der Waals surface area contributed by atoms with Gasteiger partial charge in [0.25, 0.3) is 0 Å². The van der Waals surface area contributed by atoms with E-state index in [4.69, 9.17) is 0 Å². The predicted octanol–water partition coefficient (Wildman–Crippen LogP) is 3.19. The third-order valence-corrected chi connectivity index (χ3v) is 4.16. The average Bonchev–Trinajstić information content (AvgIpc) is 2.98. The van der Waals surface area contributed by atoms with Crippen LogP contribution in [0.4, 0.5) is 10.2 Å². The summed E-state index contributed by atoms with van der Waals surface area (Å²) >= 11 is 0. The smallest absolute Gasteiger partial charge is 0.226 e. The molecule has 0 saturated carbocycles. The van der Waals surface area contributed by atoms with Crippen LogP contribution in [-0.2, 0) is 4.79 Å². The molecular formula is C18H14FN3O2. The minimum absolute atomic E-state index is 0.133. The van der Waals surface area contributed by atoms with Gasteiger partial charge in [-0.2, -0.15) is 0 Å². The minimum Gasteiger partial charge on any atom is -0.508 e. The molecule has 5 nitrogen and oxygen atoms in total. The number of para-hydroxylation sites is 1. The Hall–Kier alpha value is -3.15. The Morgan fingerprint density at radius 1 is 1.21 bits per heavy atom. The van der Waals surface area contributed by atoms with Gasteiger partial charge in [0.2, 0.25) is 5.91 Å². The Bertz CT molecular complexity index is 936. The molecule has 0 fully saturated rings. The van der Waals surface area contributed by atoms with E-state index in [1.807, 2.05) is 6.07 Å². The maximum atomic E-state index is 14.1. The van der Waals surface area contributed by atoms with Crippen molar-refractivity contribution in [3.8, 4) is 11.4 Å². The minimum atomic E-state index is -0.397. The molecule has 0 spiro atoms. The summed E-state index contributed by atoms with van der Waals surface area (Å²) < 4.78 is 15.6. The van der Waals surface area contributed by atoms with Crippen LogP contribution >= 0.6 is 0 Å². The number of fused-ring (bicyclic) bond motifs is 1. The first-order valence-electron chi connectivity index (χ1n) is 7.54. The molecule has 0 saturated heterocycles. The molecule has 1 amide bonds. The van der Waals surface area contributed by atoms with Gasteiger partial charge in [-0.3, -0.25) is 9.36 Å². The number of aromatic hydroxyl groups is 1. The maximum absolute atomic E-state index is 14.1. The topological polar surface area (TPSA) is 67.1 Å². The van der Waals surface area contributed by atoms with E-state index < -0.39 is 5.82 Å². The van der Waals surface area contributed by atoms with E-state index in [0.717, 1.165) is 5.56 Å². The number of hydrogen-bond acceptors (Lipinski definition) is 3. The number of amides is 1. The van der Waals surface area contributed by atoms with Gasteiger partial charge >= 0.3 is 0 Å². The Morgan fingerprint density at radius 2 is 2.04 bits per heavy atom. The van der Waals surface area contributed by atoms with E-state index in [1.165, 1.54) is 17.0 Å². The van der Waals surface area contributed by atoms with Crippen LogP contribution in [0.3, 0.4) is 0 Å². The Balaban J connectivity index is 1.85. The number of benzene rings is 2. The van der Waals surface area contributed by atoms with Crippen molar-refractivity contribution in [3.63, 3.8) is 0 Å². The molecule has 1 aromatic heterocycles. The number of aromatic nitrogens is 2. The average molecular weight is 323 g/mol. The SMILES string of the molecule is O=C1CC(c2cccc(O)c2)c2ncn(-c3ccccc3F)c2N1. The van der Waals surface area contributed by atoms with Crippen molar-refractivity contribution in [2.75, 3.05) is 5.32 Å². The number of carbonyl (C=O) groups excluding carboxylic acids is 1. The molecule has 1 atom stereocenters. The first-order chi connectivity index (χ1) is 11.6. The van der Waals surface area contributed by atoms with Crippen LogP contribution in [0.2, 0.25) is 0 Å². The lowest BCUT2D eigenvalue weighted by atomic mass is 9.90. The van der Waals surface area contributed by atoms with Crippen LogP contribution in [0, 0.1) is 5.82 Å². The first kappa shape index (κ1) is 14.4. The van der Waals surface area contributed by atoms with Gasteiger partial charge in [-0.1, -0.05) is 24.3 Å². The number of nitrogens with one attached hydrogen (secondary N) is 1. The van der Waals surface area contributed by atoms with Gasteiger partial charge in [0.05, 0.1) is 11.4 Å². The van der Waals surface area contributed by atoms with Gasteiger partial charge < -0.3 is 10.4 Å². The third-order valence-electron chi connectivity index (χ3n) is 4.16. The van der Waals surface area contributed by atoms with Crippen LogP contribution in [0.25, 0.3) is 5.69 Å². The number of halogens is 1. The van der Waals surface area contributed by atoms with Crippen molar-refractivity contribution in [1.29, 1.82) is 0 Å². The highest BCUT2D eigenvalue weighted by Gasteiger charge is 2.31. The fourth-order valence-corrected chi connectivity index (χ4v) is 3.05. The van der Waals surface area contributed by atoms with Crippen LogP contribution in [0.15, 0.2) is 54.9 Å². The summed E-state index contributed by atoms with van der Waals surface area (Å²) in [5, 5.41) is 12.5. The summed E-state index contributed by atoms with van der Waals surface area (Å²) in [5.74, 6) is -0.257. The molecule has 3 aromatic rings. The van der Waals surface area contributed by atoms with E-state index >= 15 is 0 Å². The van der Waals surface area contributed by atoms with Crippen molar-refractivity contribution in [1.82, 2.24) is 9.55 Å². The summed E-state index contributed by atoms with van der Waals surface area (Å²) in [4.78, 5) is 16.5. The molecule has 2 aromatic carbocycles. The molecule has 4 rings (SSSR count). The summed E-state index contributed by atoms with van der Waals surface area (Å²) in [5.41, 5.74) is 1.77. The van der Waals surface area contributed by atoms with Crippen LogP contribution in [-0.4, -0.2) is 20.6 Å². The fraction of sp³-hybridized carbons (Fsp3) is 0.111. The standard InChI is InChI=1S/C18H14FN3O2/c19-14-6-1-2-7-15(14)22-10-20-17-13(9-16(24)21-18(17)22)11-4-3-5-12(23)8-11/h1-8,10,13,23H,9H2,(H,21,24). The third kappa shape index (κ3) is 2.32. The molecule has 120 valence electrons. The summed E-state index contributed by atoms with van der Waals surface area (Å²) in [6.45, 7) is 0. The van der Waals surface area contributed by atoms with Gasteiger partial charge in [0, 0.05) is 12.3 Å². The van der Waals surface area contributed by atoms with Crippen molar-refractivity contribution in [3.05, 3.63) is 71.9 Å². The summed E-state index contributed by atoms with van der Waals surface area (Å²) in [7, 11) is 0. The molecule has 2 heterocycles. The normalized spacial score (nSPS) is 16.5. The van der Waals surface area contributed by atoms with Gasteiger partial charge in [0.1, 0.15) is 23.7 Å². The lowest BCUT2D eigenvalue weighted by Gasteiger charge is -2.23. The zero-order valence-electron chi connectivity index (χ0n) is 12.6. The number of hydrogen-bond donors (Lipinski definition) is 2. The largest absolute Gasteiger partial charge is 0.508 e. The number of carbonyl (C=O) groups is 1. The lowest BCUT2D eigenvalue weighted by molar-refractivity contribution is -0.116. The zero-order valence-corrected chi connectivity index (χ0v) is 12.6. The predicted molar refractivity (Wildman–Crippen MR) is 86.7 cm³/mol. The first-order valence-corrected chi connectivity index (χ1v) is 7.54. The molecule has 24 heavy (non-hydrogen) atoms. The van der Waals surface area contributed by atoms with Gasteiger partial charge in [-0.25, -0.2) is 9.37 Å². The van der Waals surface area contributed by atoms with Gasteiger partial charge in [-0.15, -0.1) is 0 Å². The quantitative estimate of drug-likeness (QED) is 0.761. The molecule has 6 heteroatoms. The molecule has 2 N–H and O–H groups in total. The van der Waals surface area contributed by atoms with E-state index in [9.17, 15) is 14.3 Å². The van der Waals surface area contributed by atoms with Crippen LogP contribution < -0.4 is 5.32 Å². The molecule has 0 radical (unpaired) electrons. The monoisotopic (exact) mass is 323 g/mol. The summed E-state index contributed by atoms with van der Waals surface area (Å²) in [6, 6.07) is 13.1. The lowest BCUT2D eigenvalue weighted by Crippen LogP contribution is -2.25. The van der Waals surface area contributed by atoms with Crippen molar-refractivity contribution >= 4 is 11.7 Å². The second kappa shape index (κ2) is 5.49. The molecule has 0 aliphatic carbocycles. The van der Waals surface area contributed by atoms with Crippen molar-refractivity contribution in [2.45, 2.75) is 12.3 Å². The highest BCUT2D eigenvalue weighted by Crippen LogP contribution is 2.38. The highest BCUT2D eigenvalue weighted by molar-refractivity contribution is 5.94. The Kier molecular flexibility index (Phi) is 3.30. The molecule has 1 unspecified atom stereocenters. The molecule has 1 aliphatic heterocycles. The van der Waals surface area contributed by atoms with E-state index in [-0.39, 0.29) is 24.0 Å².